The molecule has 6 nitrogen and oxygen atoms in total. The number of hydrogen-bond donors (Lipinski definition) is 0. The van der Waals surface area contributed by atoms with Crippen molar-refractivity contribution in [2.24, 2.45) is 5.92 Å². The van der Waals surface area contributed by atoms with E-state index in [2.05, 4.69) is 9.97 Å². The Bertz CT molecular complexity index is 651. The van der Waals surface area contributed by atoms with Crippen LogP contribution in [0.5, 0.6) is 5.75 Å². The van der Waals surface area contributed by atoms with Gasteiger partial charge in [0.2, 0.25) is 5.91 Å². The second-order valence-electron chi connectivity index (χ2n) is 5.88. The number of carbonyl (C=O) groups excluding carboxylic acids is 1. The maximum Gasteiger partial charge on any atom is 0.248 e. The third kappa shape index (κ3) is 3.89. The van der Waals surface area contributed by atoms with E-state index in [-0.39, 0.29) is 24.3 Å². The third-order valence-corrected chi connectivity index (χ3v) is 4.29. The molecule has 6 heteroatoms. The molecule has 0 aromatic carbocycles. The fourth-order valence-corrected chi connectivity index (χ4v) is 3.08. The summed E-state index contributed by atoms with van der Waals surface area (Å²) in [6.45, 7) is 1.98. The highest BCUT2D eigenvalue weighted by atomic mass is 16.5. The number of aromatic nitrogens is 2. The van der Waals surface area contributed by atoms with Gasteiger partial charge in [-0.2, -0.15) is 0 Å². The molecule has 2 aromatic heterocycles. The first kappa shape index (κ1) is 16.4. The normalized spacial score (nSPS) is 20.1. The first-order chi connectivity index (χ1) is 11.8. The number of amides is 1. The Labute approximate surface area is 141 Å². The predicted octanol–water partition coefficient (Wildman–Crippen LogP) is 1.74. The Hall–Kier alpha value is -2.47. The van der Waals surface area contributed by atoms with Crippen molar-refractivity contribution in [1.82, 2.24) is 14.9 Å². The molecule has 0 aliphatic carbocycles. The molecule has 0 radical (unpaired) electrons. The van der Waals surface area contributed by atoms with Crippen LogP contribution in [-0.4, -0.2) is 54.2 Å². The SMILES string of the molecule is COCC(=O)N1C[C@@H](COc2cccnc2)[C@H](c2ccncc2)C1. The molecule has 1 saturated heterocycles. The standard InChI is InChI=1S/C18H21N3O3/c1-23-13-18(22)21-10-15(12-24-16-3-2-6-20-9-16)17(11-21)14-4-7-19-8-5-14/h2-9,15,17H,10-13H2,1H3/t15-,17-/m0/s1. The topological polar surface area (TPSA) is 64.5 Å². The van der Waals surface area contributed by atoms with Gasteiger partial charge in [-0.05, 0) is 29.8 Å². The van der Waals surface area contributed by atoms with Crippen LogP contribution < -0.4 is 4.74 Å². The van der Waals surface area contributed by atoms with Crippen LogP contribution in [0.15, 0.2) is 49.1 Å². The number of rotatable bonds is 6. The molecule has 1 fully saturated rings. The van der Waals surface area contributed by atoms with E-state index in [0.717, 1.165) is 5.75 Å². The van der Waals surface area contributed by atoms with Gasteiger partial charge in [0, 0.05) is 50.6 Å². The molecule has 126 valence electrons. The van der Waals surface area contributed by atoms with Gasteiger partial charge in [0.1, 0.15) is 12.4 Å². The zero-order valence-corrected chi connectivity index (χ0v) is 13.7. The van der Waals surface area contributed by atoms with Crippen LogP contribution in [-0.2, 0) is 9.53 Å². The number of ether oxygens (including phenoxy) is 2. The summed E-state index contributed by atoms with van der Waals surface area (Å²) >= 11 is 0. The molecule has 1 aliphatic rings. The molecule has 0 spiro atoms. The molecule has 2 atom stereocenters. The molecule has 0 bridgehead atoms. The van der Waals surface area contributed by atoms with E-state index >= 15 is 0 Å². The Morgan fingerprint density at radius 3 is 2.75 bits per heavy atom. The summed E-state index contributed by atoms with van der Waals surface area (Å²) in [4.78, 5) is 22.2. The Morgan fingerprint density at radius 2 is 2.04 bits per heavy atom. The number of likely N-dealkylation sites (tertiary alicyclic amines) is 1. The first-order valence-electron chi connectivity index (χ1n) is 7.97. The van der Waals surface area contributed by atoms with Gasteiger partial charge >= 0.3 is 0 Å². The number of methoxy groups -OCH3 is 1. The highest BCUT2D eigenvalue weighted by molar-refractivity contribution is 5.78. The van der Waals surface area contributed by atoms with E-state index in [1.54, 1.807) is 24.8 Å². The number of pyridine rings is 2. The van der Waals surface area contributed by atoms with E-state index in [1.807, 2.05) is 29.2 Å². The van der Waals surface area contributed by atoms with Crippen molar-refractivity contribution in [2.75, 3.05) is 33.4 Å². The monoisotopic (exact) mass is 327 g/mol. The van der Waals surface area contributed by atoms with E-state index in [0.29, 0.717) is 19.7 Å². The second-order valence-corrected chi connectivity index (χ2v) is 5.88. The highest BCUT2D eigenvalue weighted by Crippen LogP contribution is 2.33. The summed E-state index contributed by atoms with van der Waals surface area (Å²) in [5, 5.41) is 0. The zero-order chi connectivity index (χ0) is 16.8. The fraction of sp³-hybridized carbons (Fsp3) is 0.389. The summed E-state index contributed by atoms with van der Waals surface area (Å²) < 4.78 is 10.9. The largest absolute Gasteiger partial charge is 0.492 e. The average Bonchev–Trinajstić information content (AvgIpc) is 3.06. The lowest BCUT2D eigenvalue weighted by molar-refractivity contribution is -0.134. The van der Waals surface area contributed by atoms with Gasteiger partial charge in [-0.25, -0.2) is 0 Å². The Morgan fingerprint density at radius 1 is 1.21 bits per heavy atom. The van der Waals surface area contributed by atoms with Crippen molar-refractivity contribution in [3.63, 3.8) is 0 Å². The van der Waals surface area contributed by atoms with Gasteiger partial charge < -0.3 is 14.4 Å². The minimum atomic E-state index is 0.0143. The molecular formula is C18H21N3O3. The predicted molar refractivity (Wildman–Crippen MR) is 88.7 cm³/mol. The summed E-state index contributed by atoms with van der Waals surface area (Å²) in [5.74, 6) is 1.20. The molecular weight excluding hydrogens is 306 g/mol. The lowest BCUT2D eigenvalue weighted by Gasteiger charge is -2.18. The van der Waals surface area contributed by atoms with Gasteiger partial charge in [0.15, 0.2) is 0 Å². The lowest BCUT2D eigenvalue weighted by atomic mass is 9.90. The molecule has 0 unspecified atom stereocenters. The van der Waals surface area contributed by atoms with Gasteiger partial charge in [-0.1, -0.05) is 0 Å². The summed E-state index contributed by atoms with van der Waals surface area (Å²) in [5.41, 5.74) is 1.18. The molecule has 2 aromatic rings. The lowest BCUT2D eigenvalue weighted by Crippen LogP contribution is -2.32. The molecule has 1 aliphatic heterocycles. The van der Waals surface area contributed by atoms with Crippen LogP contribution in [0.1, 0.15) is 11.5 Å². The number of nitrogens with zero attached hydrogens (tertiary/aromatic N) is 3. The van der Waals surface area contributed by atoms with Crippen molar-refractivity contribution < 1.29 is 14.3 Å². The zero-order valence-electron chi connectivity index (χ0n) is 13.7. The summed E-state index contributed by atoms with van der Waals surface area (Å²) in [7, 11) is 1.54. The maximum atomic E-state index is 12.2. The average molecular weight is 327 g/mol. The van der Waals surface area contributed by atoms with Crippen LogP contribution >= 0.6 is 0 Å². The van der Waals surface area contributed by atoms with Crippen LogP contribution in [0.2, 0.25) is 0 Å². The van der Waals surface area contributed by atoms with Crippen molar-refractivity contribution in [3.8, 4) is 5.75 Å². The van der Waals surface area contributed by atoms with Gasteiger partial charge in [0.25, 0.3) is 0 Å². The van der Waals surface area contributed by atoms with Crippen molar-refractivity contribution >= 4 is 5.91 Å². The van der Waals surface area contributed by atoms with E-state index in [1.165, 1.54) is 12.7 Å². The minimum absolute atomic E-state index is 0.0143. The van der Waals surface area contributed by atoms with Crippen molar-refractivity contribution in [2.45, 2.75) is 5.92 Å². The van der Waals surface area contributed by atoms with E-state index < -0.39 is 0 Å². The summed E-state index contributed by atoms with van der Waals surface area (Å²) in [6, 6.07) is 7.74. The molecule has 1 amide bonds. The van der Waals surface area contributed by atoms with Crippen LogP contribution in [0, 0.1) is 5.92 Å². The van der Waals surface area contributed by atoms with Crippen LogP contribution in [0.25, 0.3) is 0 Å². The fourth-order valence-electron chi connectivity index (χ4n) is 3.08. The first-order valence-corrected chi connectivity index (χ1v) is 7.97. The maximum absolute atomic E-state index is 12.2. The highest BCUT2D eigenvalue weighted by Gasteiger charge is 2.36. The van der Waals surface area contributed by atoms with E-state index in [4.69, 9.17) is 9.47 Å². The van der Waals surface area contributed by atoms with Crippen molar-refractivity contribution in [3.05, 3.63) is 54.6 Å². The van der Waals surface area contributed by atoms with Gasteiger partial charge in [-0.3, -0.25) is 14.8 Å². The molecule has 0 N–H and O–H groups in total. The Kier molecular flexibility index (Phi) is 5.38. The molecule has 3 rings (SSSR count). The second kappa shape index (κ2) is 7.88. The number of carbonyl (C=O) groups is 1. The molecule has 0 saturated carbocycles. The molecule has 24 heavy (non-hydrogen) atoms. The molecule has 3 heterocycles. The van der Waals surface area contributed by atoms with Gasteiger partial charge in [-0.15, -0.1) is 0 Å². The number of hydrogen-bond acceptors (Lipinski definition) is 5. The van der Waals surface area contributed by atoms with Crippen LogP contribution in [0.3, 0.4) is 0 Å². The Balaban J connectivity index is 1.71. The van der Waals surface area contributed by atoms with E-state index in [9.17, 15) is 4.79 Å². The quantitative estimate of drug-likeness (QED) is 0.809. The third-order valence-electron chi connectivity index (χ3n) is 4.29. The summed E-state index contributed by atoms with van der Waals surface area (Å²) in [6.07, 6.45) is 6.99. The van der Waals surface area contributed by atoms with Crippen molar-refractivity contribution in [1.29, 1.82) is 0 Å². The van der Waals surface area contributed by atoms with Gasteiger partial charge in [0.05, 0.1) is 12.8 Å². The smallest absolute Gasteiger partial charge is 0.248 e. The minimum Gasteiger partial charge on any atom is -0.492 e. The van der Waals surface area contributed by atoms with Crippen LogP contribution in [0.4, 0.5) is 0 Å².